The van der Waals surface area contributed by atoms with Crippen LogP contribution in [-0.4, -0.2) is 37.6 Å². The molecule has 6 heteroatoms. The van der Waals surface area contributed by atoms with Gasteiger partial charge in [0.1, 0.15) is 0 Å². The Balaban J connectivity index is 1.84. The molecule has 2 rings (SSSR count). The molecule has 1 aromatic rings. The third-order valence-electron chi connectivity index (χ3n) is 3.28. The highest BCUT2D eigenvalue weighted by Crippen LogP contribution is 2.18. The zero-order chi connectivity index (χ0) is 15.2. The largest absolute Gasteiger partial charge is 0.481 e. The summed E-state index contributed by atoms with van der Waals surface area (Å²) < 4.78 is 24.0. The molecular formula is C15H18FNO4. The Bertz CT molecular complexity index is 526. The van der Waals surface area contributed by atoms with E-state index in [1.54, 1.807) is 0 Å². The van der Waals surface area contributed by atoms with Gasteiger partial charge in [0.25, 0.3) is 5.91 Å². The van der Waals surface area contributed by atoms with Crippen LogP contribution in [-0.2, 0) is 9.53 Å². The predicted molar refractivity (Wildman–Crippen MR) is 73.9 cm³/mol. The van der Waals surface area contributed by atoms with Gasteiger partial charge in [-0.05, 0) is 38.0 Å². The molecule has 1 saturated heterocycles. The van der Waals surface area contributed by atoms with E-state index in [0.29, 0.717) is 13.2 Å². The van der Waals surface area contributed by atoms with Crippen molar-refractivity contribution in [3.63, 3.8) is 0 Å². The predicted octanol–water partition coefficient (Wildman–Crippen LogP) is 1.70. The van der Waals surface area contributed by atoms with E-state index in [-0.39, 0.29) is 35.7 Å². The minimum Gasteiger partial charge on any atom is -0.481 e. The van der Waals surface area contributed by atoms with Gasteiger partial charge in [-0.1, -0.05) is 0 Å². The molecular weight excluding hydrogens is 277 g/mol. The maximum Gasteiger partial charge on any atom is 0.258 e. The maximum atomic E-state index is 13.7. The molecule has 0 saturated carbocycles. The highest BCUT2D eigenvalue weighted by molar-refractivity contribution is 5.94. The molecule has 0 radical (unpaired) electrons. The fourth-order valence-electron chi connectivity index (χ4n) is 2.09. The van der Waals surface area contributed by atoms with Crippen LogP contribution in [0.25, 0.3) is 0 Å². The van der Waals surface area contributed by atoms with Crippen molar-refractivity contribution in [2.24, 2.45) is 0 Å². The molecule has 21 heavy (non-hydrogen) atoms. The monoisotopic (exact) mass is 295 g/mol. The normalized spacial score (nSPS) is 15.5. The van der Waals surface area contributed by atoms with E-state index >= 15 is 0 Å². The second-order valence-electron chi connectivity index (χ2n) is 4.94. The van der Waals surface area contributed by atoms with Crippen LogP contribution in [0.1, 0.15) is 30.1 Å². The Hall–Kier alpha value is -1.95. The van der Waals surface area contributed by atoms with Gasteiger partial charge in [0.2, 0.25) is 0 Å². The van der Waals surface area contributed by atoms with Gasteiger partial charge in [-0.25, -0.2) is 4.39 Å². The first-order valence-corrected chi connectivity index (χ1v) is 6.86. The molecule has 5 nitrogen and oxygen atoms in total. The smallest absolute Gasteiger partial charge is 0.258 e. The SMILES string of the molecule is CC(=O)c1ccc(OCC(=O)NC2CCOCC2)c(F)c1. The van der Waals surface area contributed by atoms with E-state index < -0.39 is 5.82 Å². The molecule has 1 N–H and O–H groups in total. The summed E-state index contributed by atoms with van der Waals surface area (Å²) in [5.74, 6) is -1.21. The second kappa shape index (κ2) is 7.17. The fraction of sp³-hybridized carbons (Fsp3) is 0.467. The van der Waals surface area contributed by atoms with Crippen molar-refractivity contribution in [3.8, 4) is 5.75 Å². The number of benzene rings is 1. The summed E-state index contributed by atoms with van der Waals surface area (Å²) >= 11 is 0. The second-order valence-corrected chi connectivity index (χ2v) is 4.94. The Kier molecular flexibility index (Phi) is 5.27. The van der Waals surface area contributed by atoms with Crippen molar-refractivity contribution in [2.45, 2.75) is 25.8 Å². The number of amides is 1. The summed E-state index contributed by atoms with van der Waals surface area (Å²) in [7, 11) is 0. The van der Waals surface area contributed by atoms with Crippen LogP contribution in [0.5, 0.6) is 5.75 Å². The summed E-state index contributed by atoms with van der Waals surface area (Å²) in [5, 5.41) is 2.82. The fourth-order valence-corrected chi connectivity index (χ4v) is 2.09. The molecule has 0 atom stereocenters. The summed E-state index contributed by atoms with van der Waals surface area (Å²) in [4.78, 5) is 22.8. The number of ketones is 1. The third-order valence-corrected chi connectivity index (χ3v) is 3.28. The molecule has 1 heterocycles. The van der Waals surface area contributed by atoms with Gasteiger partial charge in [-0.3, -0.25) is 9.59 Å². The van der Waals surface area contributed by atoms with E-state index in [9.17, 15) is 14.0 Å². The Morgan fingerprint density at radius 1 is 1.38 bits per heavy atom. The van der Waals surface area contributed by atoms with Gasteiger partial charge in [0.05, 0.1) is 0 Å². The Morgan fingerprint density at radius 3 is 2.71 bits per heavy atom. The molecule has 0 bridgehead atoms. The van der Waals surface area contributed by atoms with Gasteiger partial charge in [0.15, 0.2) is 24.0 Å². The van der Waals surface area contributed by atoms with E-state index in [4.69, 9.17) is 9.47 Å². The summed E-state index contributed by atoms with van der Waals surface area (Å²) in [5.41, 5.74) is 0.270. The lowest BCUT2D eigenvalue weighted by molar-refractivity contribution is -0.124. The molecule has 0 aliphatic carbocycles. The van der Waals surface area contributed by atoms with Crippen LogP contribution in [0.3, 0.4) is 0 Å². The van der Waals surface area contributed by atoms with E-state index in [1.807, 2.05) is 0 Å². The first-order valence-electron chi connectivity index (χ1n) is 6.86. The highest BCUT2D eigenvalue weighted by Gasteiger charge is 2.16. The van der Waals surface area contributed by atoms with Crippen LogP contribution in [0.2, 0.25) is 0 Å². The lowest BCUT2D eigenvalue weighted by atomic mass is 10.1. The number of carbonyl (C=O) groups is 2. The van der Waals surface area contributed by atoms with Crippen molar-refractivity contribution in [1.82, 2.24) is 5.32 Å². The standard InChI is InChI=1S/C15H18FNO4/c1-10(18)11-2-3-14(13(16)8-11)21-9-15(19)17-12-4-6-20-7-5-12/h2-3,8,12H,4-7,9H2,1H3,(H,17,19). The average Bonchev–Trinajstić information content (AvgIpc) is 2.47. The summed E-state index contributed by atoms with van der Waals surface area (Å²) in [6.07, 6.45) is 1.54. The van der Waals surface area contributed by atoms with Gasteiger partial charge in [0, 0.05) is 24.8 Å². The molecule has 114 valence electrons. The molecule has 1 amide bonds. The number of ether oxygens (including phenoxy) is 2. The van der Waals surface area contributed by atoms with Crippen molar-refractivity contribution < 1.29 is 23.5 Å². The number of Topliss-reactive ketones (excluding diaryl/α,β-unsaturated/α-hetero) is 1. The highest BCUT2D eigenvalue weighted by atomic mass is 19.1. The number of halogens is 1. The molecule has 1 aromatic carbocycles. The topological polar surface area (TPSA) is 64.6 Å². The van der Waals surface area contributed by atoms with Crippen molar-refractivity contribution in [1.29, 1.82) is 0 Å². The number of hydrogen-bond acceptors (Lipinski definition) is 4. The van der Waals surface area contributed by atoms with Crippen LogP contribution < -0.4 is 10.1 Å². The van der Waals surface area contributed by atoms with E-state index in [2.05, 4.69) is 5.32 Å². The minimum atomic E-state index is -0.651. The van der Waals surface area contributed by atoms with Crippen molar-refractivity contribution in [2.75, 3.05) is 19.8 Å². The zero-order valence-electron chi connectivity index (χ0n) is 11.9. The van der Waals surface area contributed by atoms with Crippen LogP contribution in [0.15, 0.2) is 18.2 Å². The molecule has 0 aromatic heterocycles. The number of rotatable bonds is 5. The molecule has 1 aliphatic heterocycles. The maximum absolute atomic E-state index is 13.7. The van der Waals surface area contributed by atoms with Crippen molar-refractivity contribution >= 4 is 11.7 Å². The summed E-state index contributed by atoms with van der Waals surface area (Å²) in [6, 6.07) is 4.01. The third kappa shape index (κ3) is 4.53. The number of carbonyl (C=O) groups excluding carboxylic acids is 2. The molecule has 0 unspecified atom stereocenters. The molecule has 1 fully saturated rings. The zero-order valence-corrected chi connectivity index (χ0v) is 11.9. The van der Waals surface area contributed by atoms with Crippen molar-refractivity contribution in [3.05, 3.63) is 29.6 Å². The van der Waals surface area contributed by atoms with E-state index in [0.717, 1.165) is 18.9 Å². The number of hydrogen-bond donors (Lipinski definition) is 1. The van der Waals surface area contributed by atoms with Crippen LogP contribution in [0, 0.1) is 5.82 Å². The lowest BCUT2D eigenvalue weighted by Crippen LogP contribution is -2.41. The average molecular weight is 295 g/mol. The molecule has 0 spiro atoms. The Morgan fingerprint density at radius 2 is 2.10 bits per heavy atom. The summed E-state index contributed by atoms with van der Waals surface area (Å²) in [6.45, 7) is 2.37. The van der Waals surface area contributed by atoms with Gasteiger partial charge < -0.3 is 14.8 Å². The minimum absolute atomic E-state index is 0.0397. The number of nitrogens with one attached hydrogen (secondary N) is 1. The first-order chi connectivity index (χ1) is 10.1. The first kappa shape index (κ1) is 15.4. The van der Waals surface area contributed by atoms with E-state index in [1.165, 1.54) is 19.1 Å². The Labute approximate surface area is 122 Å². The van der Waals surface area contributed by atoms with Gasteiger partial charge >= 0.3 is 0 Å². The van der Waals surface area contributed by atoms with Crippen LogP contribution in [0.4, 0.5) is 4.39 Å². The van der Waals surface area contributed by atoms with Gasteiger partial charge in [-0.2, -0.15) is 0 Å². The molecule has 1 aliphatic rings. The van der Waals surface area contributed by atoms with Gasteiger partial charge in [-0.15, -0.1) is 0 Å². The van der Waals surface area contributed by atoms with Crippen LogP contribution >= 0.6 is 0 Å². The lowest BCUT2D eigenvalue weighted by Gasteiger charge is -2.23. The quantitative estimate of drug-likeness (QED) is 0.840.